The standard InChI is InChI=1S/C11H20N4O/c1-8-7-15(9(2)13-8)11(16)14-10-3-5-12-6-4-10/h8,10,12H,3-7H2,1-2H3,(H,14,16). The fourth-order valence-electron chi connectivity index (χ4n) is 2.27. The predicted molar refractivity (Wildman–Crippen MR) is 63.7 cm³/mol. The number of hydrogen-bond acceptors (Lipinski definition) is 3. The zero-order valence-electron chi connectivity index (χ0n) is 9.99. The van der Waals surface area contributed by atoms with Crippen LogP contribution in [0.1, 0.15) is 26.7 Å². The predicted octanol–water partition coefficient (Wildman–Crippen LogP) is 0.570. The lowest BCUT2D eigenvalue weighted by molar-refractivity contribution is 0.214. The number of carbonyl (C=O) groups is 1. The second kappa shape index (κ2) is 4.82. The first-order chi connectivity index (χ1) is 7.66. The van der Waals surface area contributed by atoms with Crippen molar-refractivity contribution >= 4 is 11.9 Å². The molecule has 0 bridgehead atoms. The molecule has 1 saturated heterocycles. The SMILES string of the molecule is CC1=NC(C)CN1C(=O)NC1CCNCC1. The van der Waals surface area contributed by atoms with E-state index < -0.39 is 0 Å². The van der Waals surface area contributed by atoms with Crippen LogP contribution in [0.2, 0.25) is 0 Å². The summed E-state index contributed by atoms with van der Waals surface area (Å²) in [6, 6.07) is 0.564. The molecule has 2 N–H and O–H groups in total. The minimum absolute atomic E-state index is 0.0116. The average molecular weight is 224 g/mol. The molecule has 0 aliphatic carbocycles. The molecular weight excluding hydrogens is 204 g/mol. The van der Waals surface area contributed by atoms with Crippen LogP contribution in [0.25, 0.3) is 0 Å². The topological polar surface area (TPSA) is 56.7 Å². The number of amides is 2. The van der Waals surface area contributed by atoms with Gasteiger partial charge in [-0.05, 0) is 39.8 Å². The van der Waals surface area contributed by atoms with Crippen molar-refractivity contribution in [1.29, 1.82) is 0 Å². The van der Waals surface area contributed by atoms with Gasteiger partial charge < -0.3 is 10.6 Å². The van der Waals surface area contributed by atoms with Gasteiger partial charge in [0, 0.05) is 6.04 Å². The van der Waals surface area contributed by atoms with Crippen LogP contribution in [0.5, 0.6) is 0 Å². The van der Waals surface area contributed by atoms with Gasteiger partial charge in [-0.15, -0.1) is 0 Å². The second-order valence-electron chi connectivity index (χ2n) is 4.61. The molecule has 0 radical (unpaired) electrons. The minimum atomic E-state index is 0.0116. The largest absolute Gasteiger partial charge is 0.335 e. The molecule has 5 nitrogen and oxygen atoms in total. The Labute approximate surface area is 96.3 Å². The van der Waals surface area contributed by atoms with Gasteiger partial charge in [0.05, 0.1) is 12.6 Å². The lowest BCUT2D eigenvalue weighted by atomic mass is 10.1. The van der Waals surface area contributed by atoms with Crippen LogP contribution in [-0.2, 0) is 0 Å². The van der Waals surface area contributed by atoms with E-state index in [2.05, 4.69) is 15.6 Å². The van der Waals surface area contributed by atoms with Gasteiger partial charge in [-0.3, -0.25) is 9.89 Å². The monoisotopic (exact) mass is 224 g/mol. The van der Waals surface area contributed by atoms with Crippen molar-refractivity contribution in [3.05, 3.63) is 0 Å². The molecule has 1 fully saturated rings. The van der Waals surface area contributed by atoms with Gasteiger partial charge in [0.25, 0.3) is 0 Å². The quantitative estimate of drug-likeness (QED) is 0.684. The maximum Gasteiger partial charge on any atom is 0.323 e. The van der Waals surface area contributed by atoms with Gasteiger partial charge in [-0.2, -0.15) is 0 Å². The fraction of sp³-hybridized carbons (Fsp3) is 0.818. The zero-order valence-corrected chi connectivity index (χ0v) is 9.99. The molecule has 0 spiro atoms. The number of carbonyl (C=O) groups excluding carboxylic acids is 1. The molecular formula is C11H20N4O. The Morgan fingerprint density at radius 1 is 1.50 bits per heavy atom. The molecule has 0 aromatic carbocycles. The molecule has 0 aromatic rings. The van der Waals surface area contributed by atoms with Crippen LogP contribution < -0.4 is 10.6 Å². The van der Waals surface area contributed by atoms with E-state index in [1.165, 1.54) is 0 Å². The number of aliphatic imine (C=N–C) groups is 1. The Kier molecular flexibility index (Phi) is 3.43. The molecule has 16 heavy (non-hydrogen) atoms. The van der Waals surface area contributed by atoms with Gasteiger partial charge in [0.15, 0.2) is 0 Å². The Morgan fingerprint density at radius 3 is 2.75 bits per heavy atom. The summed E-state index contributed by atoms with van der Waals surface area (Å²) in [7, 11) is 0. The molecule has 5 heteroatoms. The molecule has 2 heterocycles. The summed E-state index contributed by atoms with van der Waals surface area (Å²) in [5.74, 6) is 0.832. The third-order valence-electron chi connectivity index (χ3n) is 3.16. The molecule has 2 aliphatic rings. The smallest absolute Gasteiger partial charge is 0.323 e. The van der Waals surface area contributed by atoms with E-state index in [4.69, 9.17) is 0 Å². The van der Waals surface area contributed by atoms with Gasteiger partial charge >= 0.3 is 6.03 Å². The van der Waals surface area contributed by atoms with Crippen LogP contribution in [0.3, 0.4) is 0 Å². The summed E-state index contributed by atoms with van der Waals surface area (Å²) in [6.07, 6.45) is 2.04. The van der Waals surface area contributed by atoms with E-state index in [-0.39, 0.29) is 12.1 Å². The van der Waals surface area contributed by atoms with Crippen LogP contribution >= 0.6 is 0 Å². The lowest BCUT2D eigenvalue weighted by Gasteiger charge is -2.26. The van der Waals surface area contributed by atoms with Crippen LogP contribution in [0.4, 0.5) is 4.79 Å². The Balaban J connectivity index is 1.86. The Hall–Kier alpha value is -1.10. The number of hydrogen-bond donors (Lipinski definition) is 2. The van der Waals surface area contributed by atoms with Crippen molar-refractivity contribution in [2.45, 2.75) is 38.8 Å². The molecule has 0 aromatic heterocycles. The number of amidine groups is 1. The number of rotatable bonds is 1. The molecule has 0 saturated carbocycles. The molecule has 2 aliphatic heterocycles. The van der Waals surface area contributed by atoms with E-state index in [9.17, 15) is 4.79 Å². The summed E-state index contributed by atoms with van der Waals surface area (Å²) in [4.78, 5) is 18.1. The van der Waals surface area contributed by atoms with E-state index in [0.29, 0.717) is 12.6 Å². The summed E-state index contributed by atoms with van der Waals surface area (Å²) in [5, 5.41) is 6.36. The van der Waals surface area contributed by atoms with Gasteiger partial charge in [0.2, 0.25) is 0 Å². The maximum atomic E-state index is 12.0. The van der Waals surface area contributed by atoms with Crippen molar-refractivity contribution in [2.75, 3.05) is 19.6 Å². The maximum absolute atomic E-state index is 12.0. The second-order valence-corrected chi connectivity index (χ2v) is 4.61. The number of nitrogens with zero attached hydrogens (tertiary/aromatic N) is 2. The number of piperidine rings is 1. The summed E-state index contributed by atoms with van der Waals surface area (Å²) in [6.45, 7) is 6.62. The van der Waals surface area contributed by atoms with Crippen molar-refractivity contribution in [3.8, 4) is 0 Å². The molecule has 1 atom stereocenters. The fourth-order valence-corrected chi connectivity index (χ4v) is 2.27. The van der Waals surface area contributed by atoms with Gasteiger partial charge in [-0.1, -0.05) is 0 Å². The molecule has 2 amide bonds. The van der Waals surface area contributed by atoms with Crippen molar-refractivity contribution in [1.82, 2.24) is 15.5 Å². The van der Waals surface area contributed by atoms with E-state index >= 15 is 0 Å². The summed E-state index contributed by atoms with van der Waals surface area (Å²) < 4.78 is 0. The summed E-state index contributed by atoms with van der Waals surface area (Å²) >= 11 is 0. The molecule has 1 unspecified atom stereocenters. The van der Waals surface area contributed by atoms with E-state index in [1.54, 1.807) is 4.90 Å². The third-order valence-corrected chi connectivity index (χ3v) is 3.16. The van der Waals surface area contributed by atoms with Crippen LogP contribution in [0.15, 0.2) is 4.99 Å². The van der Waals surface area contributed by atoms with Crippen LogP contribution in [-0.4, -0.2) is 48.5 Å². The first kappa shape index (κ1) is 11.4. The highest BCUT2D eigenvalue weighted by Crippen LogP contribution is 2.10. The van der Waals surface area contributed by atoms with E-state index in [0.717, 1.165) is 31.8 Å². The lowest BCUT2D eigenvalue weighted by Crippen LogP contribution is -2.49. The number of urea groups is 1. The summed E-state index contributed by atoms with van der Waals surface area (Å²) in [5.41, 5.74) is 0. The number of nitrogens with one attached hydrogen (secondary N) is 2. The highest BCUT2D eigenvalue weighted by atomic mass is 16.2. The average Bonchev–Trinajstić information content (AvgIpc) is 2.59. The highest BCUT2D eigenvalue weighted by molar-refractivity contribution is 5.97. The first-order valence-corrected chi connectivity index (χ1v) is 6.00. The van der Waals surface area contributed by atoms with Crippen molar-refractivity contribution in [3.63, 3.8) is 0 Å². The third kappa shape index (κ3) is 2.52. The van der Waals surface area contributed by atoms with Gasteiger partial charge in [-0.25, -0.2) is 4.79 Å². The normalized spacial score (nSPS) is 26.8. The highest BCUT2D eigenvalue weighted by Gasteiger charge is 2.26. The zero-order chi connectivity index (χ0) is 11.5. The van der Waals surface area contributed by atoms with Crippen molar-refractivity contribution in [2.24, 2.45) is 4.99 Å². The minimum Gasteiger partial charge on any atom is -0.335 e. The van der Waals surface area contributed by atoms with Crippen molar-refractivity contribution < 1.29 is 4.79 Å². The Morgan fingerprint density at radius 2 is 2.19 bits per heavy atom. The first-order valence-electron chi connectivity index (χ1n) is 6.00. The Bertz CT molecular complexity index is 296. The molecule has 90 valence electrons. The van der Waals surface area contributed by atoms with Crippen LogP contribution in [0, 0.1) is 0 Å². The van der Waals surface area contributed by atoms with E-state index in [1.807, 2.05) is 13.8 Å². The van der Waals surface area contributed by atoms with Gasteiger partial charge in [0.1, 0.15) is 5.84 Å². The molecule has 2 rings (SSSR count).